The minimum Gasteiger partial charge on any atom is -0.294 e. The van der Waals surface area contributed by atoms with Gasteiger partial charge in [-0.25, -0.2) is 4.98 Å². The van der Waals surface area contributed by atoms with Crippen LogP contribution in [-0.4, -0.2) is 10.8 Å². The number of aromatic nitrogens is 1. The van der Waals surface area contributed by atoms with Crippen molar-refractivity contribution in [1.29, 1.82) is 0 Å². The summed E-state index contributed by atoms with van der Waals surface area (Å²) in [6.45, 7) is 1.51. The van der Waals surface area contributed by atoms with Crippen molar-refractivity contribution in [2.45, 2.75) is 12.3 Å². The number of hydrogen-bond donors (Lipinski definition) is 0. The SMILES string of the molecule is CC(=O)c1sc(Cl)nc1CBr. The van der Waals surface area contributed by atoms with E-state index in [0.29, 0.717) is 14.7 Å². The fourth-order valence-corrected chi connectivity index (χ4v) is 2.32. The maximum Gasteiger partial charge on any atom is 0.184 e. The van der Waals surface area contributed by atoms with E-state index in [1.165, 1.54) is 18.3 Å². The highest BCUT2D eigenvalue weighted by atomic mass is 79.9. The fourth-order valence-electron chi connectivity index (χ4n) is 0.688. The van der Waals surface area contributed by atoms with Crippen LogP contribution < -0.4 is 0 Å². The molecule has 1 aromatic heterocycles. The lowest BCUT2D eigenvalue weighted by Crippen LogP contribution is -1.92. The van der Waals surface area contributed by atoms with Gasteiger partial charge in [-0.15, -0.1) is 0 Å². The lowest BCUT2D eigenvalue weighted by Gasteiger charge is -1.89. The van der Waals surface area contributed by atoms with Crippen LogP contribution >= 0.6 is 38.9 Å². The first-order valence-electron chi connectivity index (χ1n) is 2.87. The van der Waals surface area contributed by atoms with Gasteiger partial charge in [0.1, 0.15) is 0 Å². The third-order valence-electron chi connectivity index (χ3n) is 1.12. The Morgan fingerprint density at radius 2 is 2.45 bits per heavy atom. The van der Waals surface area contributed by atoms with Gasteiger partial charge < -0.3 is 0 Å². The van der Waals surface area contributed by atoms with Gasteiger partial charge >= 0.3 is 0 Å². The highest BCUT2D eigenvalue weighted by molar-refractivity contribution is 9.08. The zero-order valence-electron chi connectivity index (χ0n) is 5.73. The molecule has 60 valence electrons. The second-order valence-electron chi connectivity index (χ2n) is 1.93. The highest BCUT2D eigenvalue weighted by Crippen LogP contribution is 2.24. The van der Waals surface area contributed by atoms with E-state index in [1.807, 2.05) is 0 Å². The topological polar surface area (TPSA) is 30.0 Å². The van der Waals surface area contributed by atoms with Crippen LogP contribution in [0.25, 0.3) is 0 Å². The number of thiazole rings is 1. The normalized spacial score (nSPS) is 10.1. The standard InChI is InChI=1S/C6H5BrClNOS/c1-3(10)5-4(2-7)9-6(8)11-5/h2H2,1H3. The summed E-state index contributed by atoms with van der Waals surface area (Å²) in [6.07, 6.45) is 0. The second kappa shape index (κ2) is 3.65. The van der Waals surface area contributed by atoms with Crippen molar-refractivity contribution in [3.05, 3.63) is 15.0 Å². The van der Waals surface area contributed by atoms with Crippen LogP contribution in [0.3, 0.4) is 0 Å². The van der Waals surface area contributed by atoms with Crippen LogP contribution in [0, 0.1) is 0 Å². The lowest BCUT2D eigenvalue weighted by atomic mass is 10.3. The first kappa shape index (κ1) is 9.16. The van der Waals surface area contributed by atoms with Crippen LogP contribution in [0.15, 0.2) is 0 Å². The van der Waals surface area contributed by atoms with Gasteiger partial charge in [-0.05, 0) is 0 Å². The van der Waals surface area contributed by atoms with Crippen molar-refractivity contribution in [3.63, 3.8) is 0 Å². The molecule has 0 saturated heterocycles. The molecule has 0 amide bonds. The molecule has 0 aromatic carbocycles. The Balaban J connectivity index is 3.12. The van der Waals surface area contributed by atoms with Gasteiger partial charge in [0.05, 0.1) is 10.6 Å². The fraction of sp³-hybridized carbons (Fsp3) is 0.333. The van der Waals surface area contributed by atoms with E-state index in [1.54, 1.807) is 0 Å². The second-order valence-corrected chi connectivity index (χ2v) is 4.07. The Labute approximate surface area is 81.7 Å². The van der Waals surface area contributed by atoms with E-state index in [4.69, 9.17) is 11.6 Å². The summed E-state index contributed by atoms with van der Waals surface area (Å²) in [5.74, 6) is 0.0175. The van der Waals surface area contributed by atoms with E-state index < -0.39 is 0 Å². The highest BCUT2D eigenvalue weighted by Gasteiger charge is 2.11. The summed E-state index contributed by atoms with van der Waals surface area (Å²) >= 11 is 10.1. The molecule has 0 aliphatic rings. The predicted octanol–water partition coefficient (Wildman–Crippen LogP) is 2.89. The molecule has 2 nitrogen and oxygen atoms in total. The summed E-state index contributed by atoms with van der Waals surface area (Å²) in [6, 6.07) is 0. The minimum absolute atomic E-state index is 0.0175. The maximum absolute atomic E-state index is 10.9. The van der Waals surface area contributed by atoms with Crippen LogP contribution in [0.1, 0.15) is 22.3 Å². The van der Waals surface area contributed by atoms with Crippen molar-refractivity contribution in [2.24, 2.45) is 0 Å². The van der Waals surface area contributed by atoms with E-state index in [-0.39, 0.29) is 5.78 Å². The number of halogens is 2. The van der Waals surface area contributed by atoms with Crippen molar-refractivity contribution in [2.75, 3.05) is 0 Å². The van der Waals surface area contributed by atoms with Gasteiger partial charge in [0.25, 0.3) is 0 Å². The Morgan fingerprint density at radius 3 is 2.82 bits per heavy atom. The number of carbonyl (C=O) groups excluding carboxylic acids is 1. The number of Topliss-reactive ketones (excluding diaryl/α,β-unsaturated/α-hetero) is 1. The zero-order valence-corrected chi connectivity index (χ0v) is 8.89. The molecule has 0 atom stereocenters. The molecule has 1 aromatic rings. The molecule has 1 rings (SSSR count). The number of nitrogens with zero attached hydrogens (tertiary/aromatic N) is 1. The molecule has 0 saturated carbocycles. The molecular formula is C6H5BrClNOS. The van der Waals surface area contributed by atoms with E-state index >= 15 is 0 Å². The molecule has 0 bridgehead atoms. The van der Waals surface area contributed by atoms with Crippen molar-refractivity contribution >= 4 is 44.7 Å². The Morgan fingerprint density at radius 1 is 1.82 bits per heavy atom. The summed E-state index contributed by atoms with van der Waals surface area (Å²) in [5, 5.41) is 0.575. The molecule has 0 spiro atoms. The molecule has 0 radical (unpaired) electrons. The Kier molecular flexibility index (Phi) is 3.04. The molecular weight excluding hydrogens is 249 g/mol. The number of alkyl halides is 1. The minimum atomic E-state index is 0.0175. The molecule has 0 unspecified atom stereocenters. The van der Waals surface area contributed by atoms with Gasteiger partial charge in [0.15, 0.2) is 10.3 Å². The van der Waals surface area contributed by atoms with Gasteiger partial charge in [-0.1, -0.05) is 38.9 Å². The van der Waals surface area contributed by atoms with Crippen LogP contribution in [-0.2, 0) is 5.33 Å². The summed E-state index contributed by atoms with van der Waals surface area (Å²) in [7, 11) is 0. The largest absolute Gasteiger partial charge is 0.294 e. The predicted molar refractivity (Wildman–Crippen MR) is 49.8 cm³/mol. The van der Waals surface area contributed by atoms with Crippen molar-refractivity contribution < 1.29 is 4.79 Å². The smallest absolute Gasteiger partial charge is 0.184 e. The third kappa shape index (κ3) is 2.01. The average Bonchev–Trinajstić information content (AvgIpc) is 2.30. The molecule has 0 aliphatic heterocycles. The lowest BCUT2D eigenvalue weighted by molar-refractivity contribution is 0.102. The third-order valence-corrected chi connectivity index (χ3v) is 2.95. The maximum atomic E-state index is 10.9. The first-order chi connectivity index (χ1) is 5.15. The van der Waals surface area contributed by atoms with Crippen molar-refractivity contribution in [1.82, 2.24) is 4.98 Å². The van der Waals surface area contributed by atoms with Crippen LogP contribution in [0.4, 0.5) is 0 Å². The molecule has 1 heterocycles. The van der Waals surface area contributed by atoms with Gasteiger partial charge in [-0.3, -0.25) is 4.79 Å². The number of rotatable bonds is 2. The first-order valence-corrected chi connectivity index (χ1v) is 5.19. The Bertz CT molecular complexity index is 286. The van der Waals surface area contributed by atoms with Crippen LogP contribution in [0.5, 0.6) is 0 Å². The van der Waals surface area contributed by atoms with E-state index in [0.717, 1.165) is 5.69 Å². The Hall–Kier alpha value is 0.0700. The molecule has 5 heteroatoms. The molecule has 11 heavy (non-hydrogen) atoms. The quantitative estimate of drug-likeness (QED) is 0.600. The molecule has 0 aliphatic carbocycles. The monoisotopic (exact) mass is 253 g/mol. The molecule has 0 N–H and O–H groups in total. The van der Waals surface area contributed by atoms with E-state index in [9.17, 15) is 4.79 Å². The summed E-state index contributed by atoms with van der Waals surface area (Å²) in [5.41, 5.74) is 0.729. The van der Waals surface area contributed by atoms with Gasteiger partial charge in [-0.2, -0.15) is 0 Å². The molecule has 0 fully saturated rings. The zero-order chi connectivity index (χ0) is 8.43. The summed E-state index contributed by atoms with van der Waals surface area (Å²) in [4.78, 5) is 15.5. The van der Waals surface area contributed by atoms with Crippen LogP contribution in [0.2, 0.25) is 4.47 Å². The summed E-state index contributed by atoms with van der Waals surface area (Å²) < 4.78 is 0.421. The number of carbonyl (C=O) groups is 1. The van der Waals surface area contributed by atoms with E-state index in [2.05, 4.69) is 20.9 Å². The van der Waals surface area contributed by atoms with Gasteiger partial charge in [0, 0.05) is 12.3 Å². The number of ketones is 1. The van der Waals surface area contributed by atoms with Gasteiger partial charge in [0.2, 0.25) is 0 Å². The van der Waals surface area contributed by atoms with Crippen molar-refractivity contribution in [3.8, 4) is 0 Å². The average molecular weight is 255 g/mol. The number of hydrogen-bond acceptors (Lipinski definition) is 3.